The van der Waals surface area contributed by atoms with Crippen molar-refractivity contribution in [1.29, 1.82) is 0 Å². The predicted octanol–water partition coefficient (Wildman–Crippen LogP) is 1.73. The normalized spacial score (nSPS) is 24.6. The van der Waals surface area contributed by atoms with E-state index in [2.05, 4.69) is 52.8 Å². The van der Waals surface area contributed by atoms with Crippen molar-refractivity contribution in [3.63, 3.8) is 0 Å². The third-order valence-electron chi connectivity index (χ3n) is 20.3. The van der Waals surface area contributed by atoms with Crippen LogP contribution >= 0.6 is 23.5 Å². The van der Waals surface area contributed by atoms with E-state index >= 15 is 28.4 Å². The van der Waals surface area contributed by atoms with Gasteiger partial charge in [-0.1, -0.05) is 59.8 Å². The molecule has 594 valence electrons. The number of aliphatic hydroxyl groups excluding tert-OH is 1. The van der Waals surface area contributed by atoms with Gasteiger partial charge < -0.3 is 86.7 Å². The quantitative estimate of drug-likeness (QED) is 0.0548. The Balaban J connectivity index is 1.01. The lowest BCUT2D eigenvalue weighted by molar-refractivity contribution is -0.147. The summed E-state index contributed by atoms with van der Waals surface area (Å²) in [6.07, 6.45) is 4.67. The van der Waals surface area contributed by atoms with Crippen LogP contribution in [0.2, 0.25) is 0 Å². The summed E-state index contributed by atoms with van der Waals surface area (Å²) in [5.74, 6) is -5.93. The number of hydrogen-bond acceptors (Lipinski definition) is 20. The number of thioether (sulfide) groups is 2. The lowest BCUT2D eigenvalue weighted by Crippen LogP contribution is -2.64. The summed E-state index contributed by atoms with van der Waals surface area (Å²) in [6.45, 7) is 5.33. The van der Waals surface area contributed by atoms with Gasteiger partial charge in [0.05, 0.1) is 70.8 Å². The second kappa shape index (κ2) is 38.9. The standard InChI is InChI=1S/C78H98FN15O15S2/c1-47-70(98)85-60-38-51-11-7-10-49(33-51)9-5-6-26-109-65-18-25-92-69(65)74(102)88-68(48(2)95)73(101)87-61(37-50-12-15-58(106-4)16-13-50)76(104)93-24-8-21-78(93,3)77(105)81-23-32-111-46-53-34-52(45-110-31-20-67(97)84-63(72(100)83-47)41-82-66(96)19-27-107-29-30-108-28-22-80)35-57(36-53)94-44-56(89-90-94)43-91-42-54(39-62(75(92)103)86-71(60)99)59-40-55(79)14-17-64(59)91/h5-7,10-17,33-36,40,42,44,47-48,60-63,65,68-69,95H,8-9,18-32,37-39,41,43,45-46,80H2,1-4H3,(H,81,105)(H,82,96)(H,83,100)(H,84,97)(H,85,98)(H,86,99)(H,87,101)(H,88,102)/b6-5+/t47-,48-,60+,61+,62+,63+,65+,68+,69+,78+/m1/s1. The van der Waals surface area contributed by atoms with Crippen molar-refractivity contribution in [2.75, 3.05) is 84.4 Å². The molecule has 0 aliphatic carbocycles. The Morgan fingerprint density at radius 3 is 2.29 bits per heavy atom. The van der Waals surface area contributed by atoms with Crippen LogP contribution in [0.15, 0.2) is 109 Å². The van der Waals surface area contributed by atoms with Crippen LogP contribution in [-0.2, 0) is 106 Å². The van der Waals surface area contributed by atoms with Crippen molar-refractivity contribution < 1.29 is 76.4 Å². The van der Waals surface area contributed by atoms with Gasteiger partial charge >= 0.3 is 0 Å². The molecule has 4 aromatic carbocycles. The number of allylic oxidation sites excluding steroid dienone is 1. The van der Waals surface area contributed by atoms with E-state index in [1.807, 2.05) is 41.0 Å². The number of hydrogen-bond donors (Lipinski definition) is 10. The van der Waals surface area contributed by atoms with Crippen LogP contribution in [-0.4, -0.2) is 238 Å². The van der Waals surface area contributed by atoms with Gasteiger partial charge in [0.2, 0.25) is 59.1 Å². The summed E-state index contributed by atoms with van der Waals surface area (Å²) < 4.78 is 42.1. The van der Waals surface area contributed by atoms with E-state index in [1.165, 1.54) is 54.7 Å². The first-order valence-corrected chi connectivity index (χ1v) is 39.8. The molecule has 6 aromatic rings. The van der Waals surface area contributed by atoms with Gasteiger partial charge in [-0.25, -0.2) is 9.07 Å². The Morgan fingerprint density at radius 2 is 1.52 bits per heavy atom. The van der Waals surface area contributed by atoms with Crippen LogP contribution in [0.4, 0.5) is 4.39 Å². The number of carbonyl (C=O) groups is 10. The predicted molar refractivity (Wildman–Crippen MR) is 412 cm³/mol. The number of nitrogens with zero attached hydrogens (tertiary/aromatic N) is 6. The van der Waals surface area contributed by atoms with Crippen molar-refractivity contribution in [2.45, 2.75) is 157 Å². The van der Waals surface area contributed by atoms with Gasteiger partial charge in [-0.15, -0.1) is 5.10 Å². The molecule has 5 aliphatic heterocycles. The maximum absolute atomic E-state index is 16.2. The van der Waals surface area contributed by atoms with Gasteiger partial charge in [-0.3, -0.25) is 47.9 Å². The summed E-state index contributed by atoms with van der Waals surface area (Å²) in [4.78, 5) is 152. The molecule has 11 rings (SSSR count). The minimum Gasteiger partial charge on any atom is -0.497 e. The number of halogens is 1. The van der Waals surface area contributed by atoms with Crippen LogP contribution < -0.4 is 53.0 Å². The van der Waals surface area contributed by atoms with Crippen LogP contribution in [0.1, 0.15) is 91.9 Å². The van der Waals surface area contributed by atoms with Crippen molar-refractivity contribution in [1.82, 2.24) is 71.9 Å². The minimum atomic E-state index is -1.78. The van der Waals surface area contributed by atoms with Gasteiger partial charge in [0.15, 0.2) is 0 Å². The number of aromatic nitrogens is 4. The fraction of sp³-hybridized carbons (Fsp3) is 0.487. The minimum absolute atomic E-state index is 0.0172. The molecule has 0 saturated carbocycles. The number of ether oxygens (including phenoxy) is 4. The van der Waals surface area contributed by atoms with Gasteiger partial charge in [-0.2, -0.15) is 23.5 Å². The summed E-state index contributed by atoms with van der Waals surface area (Å²) in [6, 6.07) is 13.5. The number of rotatable bonds is 14. The van der Waals surface area contributed by atoms with Gasteiger partial charge in [0.25, 0.3) is 0 Å². The number of aliphatic hydroxyl groups is 1. The van der Waals surface area contributed by atoms with Crippen LogP contribution in [0.3, 0.4) is 0 Å². The summed E-state index contributed by atoms with van der Waals surface area (Å²) in [5, 5.41) is 43.7. The Bertz CT molecular complexity index is 4370. The van der Waals surface area contributed by atoms with Crippen molar-refractivity contribution in [3.8, 4) is 11.4 Å². The zero-order valence-corrected chi connectivity index (χ0v) is 64.3. The molecule has 7 heterocycles. The Kier molecular flexibility index (Phi) is 28.8. The molecule has 10 amide bonds. The zero-order chi connectivity index (χ0) is 78.7. The first-order chi connectivity index (χ1) is 53.5. The Morgan fingerprint density at radius 1 is 0.775 bits per heavy atom. The van der Waals surface area contributed by atoms with Crippen molar-refractivity contribution >= 4 is 93.5 Å². The van der Waals surface area contributed by atoms with Gasteiger partial charge in [-0.05, 0) is 122 Å². The number of fused-ring (bicyclic) bond motifs is 8. The maximum Gasteiger partial charge on any atom is 0.246 e. The van der Waals surface area contributed by atoms with E-state index in [-0.39, 0.29) is 96.9 Å². The molecule has 30 nitrogen and oxygen atoms in total. The van der Waals surface area contributed by atoms with Crippen LogP contribution in [0.5, 0.6) is 5.75 Å². The van der Waals surface area contributed by atoms with E-state index < -0.39 is 131 Å². The highest BCUT2D eigenvalue weighted by atomic mass is 32.2. The van der Waals surface area contributed by atoms with E-state index in [0.29, 0.717) is 94.4 Å². The maximum atomic E-state index is 16.2. The molecule has 111 heavy (non-hydrogen) atoms. The van der Waals surface area contributed by atoms with Crippen LogP contribution in [0, 0.1) is 5.82 Å². The highest BCUT2D eigenvalue weighted by Gasteiger charge is 2.49. The number of methoxy groups -OCH3 is 1. The average molecular weight is 1570 g/mol. The molecule has 0 radical (unpaired) electrons. The molecule has 2 aromatic heterocycles. The number of nitrogens with two attached hydrogens (primary N) is 1. The second-order valence-electron chi connectivity index (χ2n) is 28.5. The molecular weight excluding hydrogens is 1470 g/mol. The largest absolute Gasteiger partial charge is 0.497 e. The number of nitrogens with one attached hydrogen (secondary N) is 8. The first-order valence-electron chi connectivity index (χ1n) is 37.5. The average Bonchev–Trinajstić information content (AvgIpc) is 1.65. The molecule has 0 spiro atoms. The lowest BCUT2D eigenvalue weighted by Gasteiger charge is -2.37. The molecular formula is C78H98FN15O15S2. The topological polar surface area (TPSA) is 392 Å². The van der Waals surface area contributed by atoms with Crippen molar-refractivity contribution in [3.05, 3.63) is 154 Å². The third-order valence-corrected chi connectivity index (χ3v) is 22.3. The fourth-order valence-corrected chi connectivity index (χ4v) is 16.0. The molecule has 14 bridgehead atoms. The molecule has 11 N–H and O–H groups in total. The van der Waals surface area contributed by atoms with E-state index in [9.17, 15) is 29.1 Å². The first kappa shape index (κ1) is 82.2. The summed E-state index contributed by atoms with van der Waals surface area (Å²) >= 11 is 2.99. The van der Waals surface area contributed by atoms with Gasteiger partial charge in [0, 0.05) is 105 Å². The molecule has 5 aliphatic rings. The number of benzene rings is 4. The molecule has 2 saturated heterocycles. The highest BCUT2D eigenvalue weighted by Crippen LogP contribution is 2.33. The third kappa shape index (κ3) is 21.7. The Labute approximate surface area is 651 Å². The Hall–Kier alpha value is -9.77. The number of carbonyl (C=O) groups excluding carboxylic acids is 10. The van der Waals surface area contributed by atoms with E-state index in [1.54, 1.807) is 84.3 Å². The van der Waals surface area contributed by atoms with E-state index in [4.69, 9.17) is 24.7 Å². The SMILES string of the molecule is COc1ccc(C[C@@H]2NC(=O)[C@H]([C@@H](C)O)NC(=O)[C@@H]3[C@@H]4CCN3C(=O)[C@@H]3Cc5cn(c6ccc(F)cc56)Cc5cn(nn5)-c5cc(cc(c5)CSCCC(=O)N[C@@H](CNC(=O)CCOCCOCCN)C(=O)N[C@H](C)C(=O)N[C@@H](Cc5cccc(c5)C/C=C/CO4)C(=O)N3)CSCCNC(=O)[C@]3(C)CCCN3C2=O)cc1. The highest BCUT2D eigenvalue weighted by molar-refractivity contribution is 7.98. The smallest absolute Gasteiger partial charge is 0.246 e. The van der Waals surface area contributed by atoms with Gasteiger partial charge in [0.1, 0.15) is 65.1 Å². The molecule has 2 fully saturated rings. The van der Waals surface area contributed by atoms with E-state index in [0.717, 1.165) is 16.7 Å². The zero-order valence-electron chi connectivity index (χ0n) is 62.7. The summed E-state index contributed by atoms with van der Waals surface area (Å²) in [7, 11) is 1.51. The lowest BCUT2D eigenvalue weighted by atomic mass is 9.95. The fourth-order valence-electron chi connectivity index (χ4n) is 14.4. The molecule has 10 atom stereocenters. The molecule has 0 unspecified atom stereocenters. The monoisotopic (exact) mass is 1570 g/mol. The number of amides is 10. The molecule has 33 heteroatoms. The van der Waals surface area contributed by atoms with Crippen LogP contribution in [0.25, 0.3) is 16.6 Å². The summed E-state index contributed by atoms with van der Waals surface area (Å²) in [5.41, 5.74) is 9.83. The second-order valence-corrected chi connectivity index (χ2v) is 30.7. The van der Waals surface area contributed by atoms with Crippen molar-refractivity contribution in [2.24, 2.45) is 5.73 Å².